The van der Waals surface area contributed by atoms with Crippen LogP contribution in [-0.2, 0) is 26.2 Å². The molecule has 0 bridgehead atoms. The zero-order valence-corrected chi connectivity index (χ0v) is 14.7. The third-order valence-electron chi connectivity index (χ3n) is 3.48. The van der Waals surface area contributed by atoms with Crippen molar-refractivity contribution in [2.75, 3.05) is 5.32 Å². The van der Waals surface area contributed by atoms with Crippen molar-refractivity contribution in [3.63, 3.8) is 0 Å². The molecule has 1 amide bonds. The summed E-state index contributed by atoms with van der Waals surface area (Å²) < 4.78 is 27.5. The molecule has 0 saturated carbocycles. The molecule has 2 rings (SSSR count). The van der Waals surface area contributed by atoms with Gasteiger partial charge in [-0.15, -0.1) is 0 Å². The van der Waals surface area contributed by atoms with E-state index in [9.17, 15) is 18.0 Å². The van der Waals surface area contributed by atoms with Crippen LogP contribution in [0.3, 0.4) is 0 Å². The number of ether oxygens (including phenoxy) is 1. The highest BCUT2D eigenvalue weighted by atomic mass is 32.2. The van der Waals surface area contributed by atoms with Gasteiger partial charge in [-0.2, -0.15) is 0 Å². The summed E-state index contributed by atoms with van der Waals surface area (Å²) in [6.07, 6.45) is -1.07. The van der Waals surface area contributed by atoms with Gasteiger partial charge < -0.3 is 15.2 Å². The number of anilines is 1. The predicted molar refractivity (Wildman–Crippen MR) is 93.7 cm³/mol. The number of rotatable bonds is 6. The van der Waals surface area contributed by atoms with Gasteiger partial charge in [0.2, 0.25) is 10.0 Å². The van der Waals surface area contributed by atoms with Gasteiger partial charge in [0, 0.05) is 5.69 Å². The second-order valence-electron chi connectivity index (χ2n) is 5.46. The summed E-state index contributed by atoms with van der Waals surface area (Å²) in [6, 6.07) is 11.4. The second kappa shape index (κ2) is 8.09. The van der Waals surface area contributed by atoms with Crippen LogP contribution in [0.4, 0.5) is 5.69 Å². The number of esters is 1. The molecule has 0 radical (unpaired) electrons. The highest BCUT2D eigenvalue weighted by molar-refractivity contribution is 7.89. The van der Waals surface area contributed by atoms with Crippen LogP contribution in [0.15, 0.2) is 53.4 Å². The van der Waals surface area contributed by atoms with Gasteiger partial charge in [-0.3, -0.25) is 4.79 Å². The zero-order valence-electron chi connectivity index (χ0n) is 13.9. The quantitative estimate of drug-likeness (QED) is 0.642. The first-order valence-corrected chi connectivity index (χ1v) is 9.10. The van der Waals surface area contributed by atoms with E-state index >= 15 is 0 Å². The molecule has 1 unspecified atom stereocenters. The number of aliphatic hydroxyl groups is 1. The predicted octanol–water partition coefficient (Wildman–Crippen LogP) is 1.01. The summed E-state index contributed by atoms with van der Waals surface area (Å²) >= 11 is 0. The zero-order chi connectivity index (χ0) is 19.3. The lowest BCUT2D eigenvalue weighted by molar-refractivity contribution is -0.123. The summed E-state index contributed by atoms with van der Waals surface area (Å²) in [6.45, 7) is 1.27. The molecule has 138 valence electrons. The molecule has 26 heavy (non-hydrogen) atoms. The van der Waals surface area contributed by atoms with Crippen LogP contribution in [0.25, 0.3) is 0 Å². The van der Waals surface area contributed by atoms with Crippen LogP contribution in [0.1, 0.15) is 22.8 Å². The fourth-order valence-corrected chi connectivity index (χ4v) is 2.52. The first kappa shape index (κ1) is 19.6. The van der Waals surface area contributed by atoms with Crippen molar-refractivity contribution >= 4 is 27.6 Å². The van der Waals surface area contributed by atoms with E-state index < -0.39 is 28.0 Å². The molecule has 0 aromatic heterocycles. The van der Waals surface area contributed by atoms with Crippen LogP contribution in [0.2, 0.25) is 0 Å². The van der Waals surface area contributed by atoms with E-state index in [0.717, 1.165) is 0 Å². The average Bonchev–Trinajstić information content (AvgIpc) is 2.61. The second-order valence-corrected chi connectivity index (χ2v) is 7.02. The van der Waals surface area contributed by atoms with E-state index in [4.69, 9.17) is 15.0 Å². The van der Waals surface area contributed by atoms with Gasteiger partial charge >= 0.3 is 5.97 Å². The lowest BCUT2D eigenvalue weighted by Gasteiger charge is -2.14. The maximum absolute atomic E-state index is 12.1. The van der Waals surface area contributed by atoms with Gasteiger partial charge in [-0.25, -0.2) is 18.4 Å². The Labute approximate surface area is 150 Å². The molecule has 0 spiro atoms. The monoisotopic (exact) mass is 378 g/mol. The first-order chi connectivity index (χ1) is 12.2. The first-order valence-electron chi connectivity index (χ1n) is 7.55. The van der Waals surface area contributed by atoms with Crippen molar-refractivity contribution in [3.8, 4) is 0 Å². The summed E-state index contributed by atoms with van der Waals surface area (Å²) in [5, 5.41) is 16.5. The number of sulfonamides is 1. The number of benzene rings is 2. The van der Waals surface area contributed by atoms with Crippen LogP contribution in [0.5, 0.6) is 0 Å². The Hall–Kier alpha value is -2.75. The number of carbonyl (C=O) groups excluding carboxylic acids is 2. The minimum Gasteiger partial charge on any atom is -0.449 e. The normalized spacial score (nSPS) is 12.3. The minimum absolute atomic E-state index is 0.0821. The molecular formula is C17H18N2O6S. The number of amides is 1. The van der Waals surface area contributed by atoms with Crippen molar-refractivity contribution in [1.82, 2.24) is 0 Å². The lowest BCUT2D eigenvalue weighted by atomic mass is 10.1. The van der Waals surface area contributed by atoms with Gasteiger partial charge in [-0.05, 0) is 48.9 Å². The van der Waals surface area contributed by atoms with Crippen LogP contribution in [0, 0.1) is 0 Å². The fourth-order valence-electron chi connectivity index (χ4n) is 2.00. The summed E-state index contributed by atoms with van der Waals surface area (Å²) in [7, 11) is -3.81. The Morgan fingerprint density at radius 1 is 1.12 bits per heavy atom. The molecule has 0 heterocycles. The molecule has 0 aliphatic carbocycles. The Bertz CT molecular complexity index is 892. The SMILES string of the molecule is CC(OC(=O)c1ccc(CO)cc1)C(=O)Nc1ccc(S(N)(=O)=O)cc1. The Balaban J connectivity index is 1.97. The van der Waals surface area contributed by atoms with Crippen LogP contribution < -0.4 is 10.5 Å². The fraction of sp³-hybridized carbons (Fsp3) is 0.176. The van der Waals surface area contributed by atoms with E-state index in [1.54, 1.807) is 12.1 Å². The average molecular weight is 378 g/mol. The Morgan fingerprint density at radius 2 is 1.69 bits per heavy atom. The number of nitrogens with one attached hydrogen (secondary N) is 1. The van der Waals surface area contributed by atoms with Crippen molar-refractivity contribution < 1.29 is 27.9 Å². The Kier molecular flexibility index (Phi) is 6.09. The molecule has 0 fully saturated rings. The Morgan fingerprint density at radius 3 is 2.19 bits per heavy atom. The van der Waals surface area contributed by atoms with Crippen molar-refractivity contribution in [3.05, 3.63) is 59.7 Å². The number of aliphatic hydroxyl groups excluding tert-OH is 1. The van der Waals surface area contributed by atoms with E-state index in [-0.39, 0.29) is 17.1 Å². The molecule has 1 atom stereocenters. The number of nitrogens with two attached hydrogens (primary N) is 1. The smallest absolute Gasteiger partial charge is 0.338 e. The molecule has 8 nitrogen and oxygen atoms in total. The number of hydrogen-bond donors (Lipinski definition) is 3. The van der Waals surface area contributed by atoms with E-state index in [1.807, 2.05) is 0 Å². The summed E-state index contributed by atoms with van der Waals surface area (Å²) in [5.74, 6) is -1.25. The molecule has 2 aromatic rings. The van der Waals surface area contributed by atoms with Gasteiger partial charge in [0.1, 0.15) is 0 Å². The van der Waals surface area contributed by atoms with E-state index in [2.05, 4.69) is 5.32 Å². The molecule has 0 aliphatic rings. The van der Waals surface area contributed by atoms with Crippen molar-refractivity contribution in [1.29, 1.82) is 0 Å². The molecule has 4 N–H and O–H groups in total. The minimum atomic E-state index is -3.81. The van der Waals surface area contributed by atoms with Crippen LogP contribution in [-0.4, -0.2) is 31.5 Å². The largest absolute Gasteiger partial charge is 0.449 e. The third-order valence-corrected chi connectivity index (χ3v) is 4.40. The summed E-state index contributed by atoms with van der Waals surface area (Å²) in [4.78, 5) is 24.0. The molecule has 9 heteroatoms. The molecule has 2 aromatic carbocycles. The third kappa shape index (κ3) is 5.12. The van der Waals surface area contributed by atoms with E-state index in [1.165, 1.54) is 43.3 Å². The van der Waals surface area contributed by atoms with E-state index in [0.29, 0.717) is 11.3 Å². The molecule has 0 aliphatic heterocycles. The van der Waals surface area contributed by atoms with Crippen LogP contribution >= 0.6 is 0 Å². The standard InChI is InChI=1S/C17H18N2O6S/c1-11(25-17(22)13-4-2-12(10-20)3-5-13)16(21)19-14-6-8-15(9-7-14)26(18,23)24/h2-9,11,20H,10H2,1H3,(H,19,21)(H2,18,23,24). The van der Waals surface area contributed by atoms with Gasteiger partial charge in [0.15, 0.2) is 6.10 Å². The van der Waals surface area contributed by atoms with Gasteiger partial charge in [-0.1, -0.05) is 12.1 Å². The highest BCUT2D eigenvalue weighted by Crippen LogP contribution is 2.14. The maximum Gasteiger partial charge on any atom is 0.338 e. The van der Waals surface area contributed by atoms with Crippen molar-refractivity contribution in [2.45, 2.75) is 24.5 Å². The molecule has 0 saturated heterocycles. The number of primary sulfonamides is 1. The highest BCUT2D eigenvalue weighted by Gasteiger charge is 2.19. The van der Waals surface area contributed by atoms with Gasteiger partial charge in [0.25, 0.3) is 5.91 Å². The summed E-state index contributed by atoms with van der Waals surface area (Å²) in [5.41, 5.74) is 1.23. The van der Waals surface area contributed by atoms with Crippen molar-refractivity contribution in [2.24, 2.45) is 5.14 Å². The lowest BCUT2D eigenvalue weighted by Crippen LogP contribution is -2.30. The number of carbonyl (C=O) groups is 2. The topological polar surface area (TPSA) is 136 Å². The number of hydrogen-bond acceptors (Lipinski definition) is 6. The van der Waals surface area contributed by atoms with Gasteiger partial charge in [0.05, 0.1) is 17.1 Å². The maximum atomic E-state index is 12.1. The molecular weight excluding hydrogens is 360 g/mol.